The second-order valence-corrected chi connectivity index (χ2v) is 26.0. The molecule has 0 spiro atoms. The minimum absolute atomic E-state index is 0.0106. The fraction of sp³-hybridized carbons (Fsp3) is 0.395. The Labute approximate surface area is 364 Å². The molecule has 0 saturated carbocycles. The number of nitrogens with two attached hydrogens (primary N) is 1. The van der Waals surface area contributed by atoms with E-state index in [9.17, 15) is 13.2 Å². The Morgan fingerprint density at radius 2 is 1.29 bits per heavy atom. The highest BCUT2D eigenvalue weighted by atomic mass is 32.2. The van der Waals surface area contributed by atoms with Crippen molar-refractivity contribution < 1.29 is 40.6 Å². The summed E-state index contributed by atoms with van der Waals surface area (Å²) in [5.41, 5.74) is 7.87. The molecule has 1 aliphatic rings. The topological polar surface area (TPSA) is 198 Å². The van der Waals surface area contributed by atoms with E-state index in [0.717, 1.165) is 5.56 Å². The molecule has 0 atom stereocenters. The van der Waals surface area contributed by atoms with E-state index in [2.05, 4.69) is 35.2 Å². The average Bonchev–Trinajstić information content (AvgIpc) is 3.72. The number of benzene rings is 4. The zero-order valence-corrected chi connectivity index (χ0v) is 38.6. The van der Waals surface area contributed by atoms with E-state index < -0.39 is 38.9 Å². The molecule has 4 aromatic carbocycles. The second kappa shape index (κ2) is 19.7. The maximum absolute atomic E-state index is 16.0. The van der Waals surface area contributed by atoms with Gasteiger partial charge in [0.05, 0.1) is 50.7 Å². The summed E-state index contributed by atoms with van der Waals surface area (Å²) in [7, 11) is -6.27. The number of ether oxygens (including phenoxy) is 4. The highest BCUT2D eigenvalue weighted by molar-refractivity contribution is 7.93. The molecule has 332 valence electrons. The van der Waals surface area contributed by atoms with Crippen LogP contribution in [0.5, 0.6) is 17.2 Å². The average molecular weight is 906 g/mol. The molecule has 0 unspecified atom stereocenters. The van der Waals surface area contributed by atoms with E-state index in [4.69, 9.17) is 24.7 Å². The lowest BCUT2D eigenvalue weighted by Crippen LogP contribution is -2.37. The quantitative estimate of drug-likeness (QED) is 0.0917. The second-order valence-electron chi connectivity index (χ2n) is 16.5. The smallest absolute Gasteiger partial charge is 0.404 e. The van der Waals surface area contributed by atoms with Crippen LogP contribution in [0.3, 0.4) is 0 Å². The lowest BCUT2D eigenvalue weighted by atomic mass is 9.96. The summed E-state index contributed by atoms with van der Waals surface area (Å²) in [6.45, 7) is 7.14. The first-order chi connectivity index (χ1) is 29.5. The zero-order valence-electron chi connectivity index (χ0n) is 36.0. The Morgan fingerprint density at radius 3 is 1.77 bits per heavy atom. The monoisotopic (exact) mass is 905 g/mol. The molecule has 0 aliphatic carbocycles. The number of methoxy groups -OCH3 is 3. The van der Waals surface area contributed by atoms with Crippen LogP contribution < -0.4 is 24.8 Å². The molecule has 2 heterocycles. The number of nitrogens with zero attached hydrogens (tertiary/aromatic N) is 6. The van der Waals surface area contributed by atoms with Crippen LogP contribution in [0, 0.1) is 5.92 Å². The third-order valence-corrected chi connectivity index (χ3v) is 16.7. The lowest BCUT2D eigenvalue weighted by Gasteiger charge is -2.35. The number of tetrazole rings is 1. The van der Waals surface area contributed by atoms with Crippen LogP contribution in [0.2, 0.25) is 25.7 Å². The molecule has 1 amide bonds. The molecule has 62 heavy (non-hydrogen) atoms. The van der Waals surface area contributed by atoms with Gasteiger partial charge in [-0.15, -0.1) is 5.10 Å². The van der Waals surface area contributed by atoms with Crippen LogP contribution in [0.15, 0.2) is 94.7 Å². The molecule has 1 fully saturated rings. The van der Waals surface area contributed by atoms with E-state index in [-0.39, 0.29) is 54.2 Å². The van der Waals surface area contributed by atoms with Gasteiger partial charge in [0.2, 0.25) is 10.0 Å². The van der Waals surface area contributed by atoms with Gasteiger partial charge in [0.1, 0.15) is 22.1 Å². The molecule has 1 saturated heterocycles. The van der Waals surface area contributed by atoms with E-state index in [0.29, 0.717) is 66.0 Å². The standard InChI is InChI=1S/C43H55N7O9S2Si/c1-56-35-13-7-31(8-14-35)27-49(28-32-9-15-36(57-2)16-10-32)61(54,55)41-39(60(52,53)25-26-62(4,5)6)20-19-38(48-23-21-34(22-24-48)30-59-43(44)51)40(41)42-45-46-47-50(42)29-33-11-17-37(58-3)18-12-33/h7-20,34H,21-30H2,1-6H3,(H2,44,51). The molecule has 6 rings (SSSR count). The van der Waals surface area contributed by atoms with Crippen molar-refractivity contribution in [3.05, 3.63) is 102 Å². The molecule has 16 nitrogen and oxygen atoms in total. The predicted octanol–water partition coefficient (Wildman–Crippen LogP) is 6.23. The number of amides is 1. The molecular formula is C43H55N7O9S2Si. The van der Waals surface area contributed by atoms with Crippen molar-refractivity contribution >= 4 is 39.7 Å². The van der Waals surface area contributed by atoms with E-state index >= 15 is 8.42 Å². The highest BCUT2D eigenvalue weighted by Crippen LogP contribution is 2.43. The van der Waals surface area contributed by atoms with Crippen molar-refractivity contribution in [1.29, 1.82) is 0 Å². The summed E-state index contributed by atoms with van der Waals surface area (Å²) >= 11 is 0. The van der Waals surface area contributed by atoms with Crippen molar-refractivity contribution in [2.24, 2.45) is 11.7 Å². The van der Waals surface area contributed by atoms with Crippen molar-refractivity contribution in [1.82, 2.24) is 24.5 Å². The summed E-state index contributed by atoms with van der Waals surface area (Å²) in [6.07, 6.45) is 0.319. The number of hydrogen-bond acceptors (Lipinski definition) is 13. The minimum atomic E-state index is -4.76. The van der Waals surface area contributed by atoms with Gasteiger partial charge < -0.3 is 29.6 Å². The van der Waals surface area contributed by atoms with Crippen LogP contribution in [0.1, 0.15) is 29.5 Å². The third-order valence-electron chi connectivity index (χ3n) is 10.9. The van der Waals surface area contributed by atoms with Gasteiger partial charge in [-0.05, 0) is 100 Å². The van der Waals surface area contributed by atoms with Crippen molar-refractivity contribution in [2.75, 3.05) is 51.7 Å². The SMILES string of the molecule is COc1ccc(CN(Cc2ccc(OC)cc2)S(=O)(=O)c2c(S(=O)(=O)CC[Si](C)(C)C)ccc(N3CCC(COC(N)=O)CC3)c2-c2nnnn2Cc2ccc(OC)cc2)cc1. The van der Waals surface area contributed by atoms with Crippen LogP contribution in [0.4, 0.5) is 10.5 Å². The fourth-order valence-electron chi connectivity index (χ4n) is 7.24. The number of primary amides is 1. The minimum Gasteiger partial charge on any atom is -0.497 e. The number of rotatable bonds is 19. The van der Waals surface area contributed by atoms with Gasteiger partial charge in [-0.2, -0.15) is 4.31 Å². The van der Waals surface area contributed by atoms with Crippen LogP contribution in [0.25, 0.3) is 11.4 Å². The number of sulfone groups is 1. The maximum atomic E-state index is 16.0. The van der Waals surface area contributed by atoms with Gasteiger partial charge in [-0.1, -0.05) is 56.0 Å². The summed E-state index contributed by atoms with van der Waals surface area (Å²) in [5, 5.41) is 12.8. The number of sulfonamides is 1. The number of aromatic nitrogens is 4. The lowest BCUT2D eigenvalue weighted by molar-refractivity contribution is 0.129. The third kappa shape index (κ3) is 11.3. The highest BCUT2D eigenvalue weighted by Gasteiger charge is 2.39. The first-order valence-electron chi connectivity index (χ1n) is 20.2. The van der Waals surface area contributed by atoms with Gasteiger partial charge in [0, 0.05) is 39.9 Å². The predicted molar refractivity (Wildman–Crippen MR) is 238 cm³/mol. The van der Waals surface area contributed by atoms with Gasteiger partial charge in [-0.25, -0.2) is 26.3 Å². The fourth-order valence-corrected chi connectivity index (χ4v) is 14.0. The van der Waals surface area contributed by atoms with Crippen molar-refractivity contribution in [3.63, 3.8) is 0 Å². The Morgan fingerprint density at radius 1 is 0.774 bits per heavy atom. The molecule has 1 aromatic heterocycles. The van der Waals surface area contributed by atoms with E-state index in [1.165, 1.54) is 15.1 Å². The number of piperidine rings is 1. The number of anilines is 1. The van der Waals surface area contributed by atoms with Gasteiger partial charge in [0.15, 0.2) is 15.7 Å². The molecule has 0 radical (unpaired) electrons. The summed E-state index contributed by atoms with van der Waals surface area (Å²) in [6, 6.07) is 24.9. The van der Waals surface area contributed by atoms with Crippen LogP contribution in [-0.2, 0) is 44.2 Å². The normalized spacial score (nSPS) is 13.9. The first kappa shape index (κ1) is 46.0. The summed E-state index contributed by atoms with van der Waals surface area (Å²) in [5.74, 6) is 1.68. The van der Waals surface area contributed by atoms with Crippen LogP contribution in [-0.4, -0.2) is 102 Å². The van der Waals surface area contributed by atoms with E-state index in [1.807, 2.05) is 17.0 Å². The first-order valence-corrected chi connectivity index (χ1v) is 27.0. The molecule has 5 aromatic rings. The number of carbonyl (C=O) groups is 1. The molecule has 0 bridgehead atoms. The Hall–Kier alpha value is -5.50. The largest absolute Gasteiger partial charge is 0.497 e. The number of carbonyl (C=O) groups excluding carboxylic acids is 1. The van der Waals surface area contributed by atoms with Crippen molar-refractivity contribution in [2.45, 2.75) is 68.0 Å². The summed E-state index contributed by atoms with van der Waals surface area (Å²) < 4.78 is 85.7. The Balaban J connectivity index is 1.60. The van der Waals surface area contributed by atoms with Gasteiger partial charge in [-0.3, -0.25) is 0 Å². The van der Waals surface area contributed by atoms with Gasteiger partial charge >= 0.3 is 6.09 Å². The molecule has 19 heteroatoms. The molecule has 1 aliphatic heterocycles. The molecule has 2 N–H and O–H groups in total. The Bertz CT molecular complexity index is 2470. The van der Waals surface area contributed by atoms with Crippen LogP contribution >= 0.6 is 0 Å². The van der Waals surface area contributed by atoms with E-state index in [1.54, 1.807) is 88.1 Å². The molecular weight excluding hydrogens is 851 g/mol. The van der Waals surface area contributed by atoms with Crippen molar-refractivity contribution in [3.8, 4) is 28.6 Å². The van der Waals surface area contributed by atoms with Gasteiger partial charge in [0.25, 0.3) is 0 Å². The number of hydrogen-bond donors (Lipinski definition) is 1. The zero-order chi connectivity index (χ0) is 44.7. The maximum Gasteiger partial charge on any atom is 0.404 e. The Kier molecular flexibility index (Phi) is 14.6. The summed E-state index contributed by atoms with van der Waals surface area (Å²) in [4.78, 5) is 12.7.